The number of carboxylic acids is 1. The Morgan fingerprint density at radius 3 is 2.35 bits per heavy atom. The number of methoxy groups -OCH3 is 1. The highest BCUT2D eigenvalue weighted by molar-refractivity contribution is 6.38. The van der Waals surface area contributed by atoms with Crippen molar-refractivity contribution in [3.63, 3.8) is 0 Å². The summed E-state index contributed by atoms with van der Waals surface area (Å²) in [7, 11) is 1.42. The van der Waals surface area contributed by atoms with Crippen LogP contribution in [-0.2, 0) is 19.9 Å². The Bertz CT molecular complexity index is 1340. The number of hydrogen-bond acceptors (Lipinski definition) is 5. The van der Waals surface area contributed by atoms with E-state index >= 15 is 0 Å². The smallest absolute Gasteiger partial charge is 0.310 e. The highest BCUT2D eigenvalue weighted by atomic mass is 35.5. The molecule has 4 atom stereocenters. The molecule has 2 amide bonds. The molecule has 2 saturated heterocycles. The number of carboxylic acid groups (broad SMARTS) is 1. The van der Waals surface area contributed by atoms with Crippen LogP contribution in [0.25, 0.3) is 0 Å². The highest BCUT2D eigenvalue weighted by Gasteiger charge is 2.73. The largest absolute Gasteiger partial charge is 0.494 e. The summed E-state index contributed by atoms with van der Waals surface area (Å²) in [6, 6.07) is 5.44. The lowest BCUT2D eigenvalue weighted by Gasteiger charge is -2.37. The number of hydrogen-bond donors (Lipinski definition) is 3. The number of anilines is 2. The fourth-order valence-electron chi connectivity index (χ4n) is 6.32. The summed E-state index contributed by atoms with van der Waals surface area (Å²) in [6.07, 6.45) is 0.498. The molecule has 37 heavy (non-hydrogen) atoms. The van der Waals surface area contributed by atoms with Gasteiger partial charge >= 0.3 is 5.97 Å². The molecule has 196 valence electrons. The molecule has 0 aliphatic carbocycles. The zero-order chi connectivity index (χ0) is 27.0. The van der Waals surface area contributed by atoms with E-state index < -0.39 is 41.2 Å². The second-order valence-electron chi connectivity index (χ2n) is 10.4. The predicted octanol–water partition coefficient (Wildman–Crippen LogP) is 5.53. The molecule has 2 fully saturated rings. The van der Waals surface area contributed by atoms with Gasteiger partial charge in [0.05, 0.1) is 33.8 Å². The first-order valence-electron chi connectivity index (χ1n) is 11.5. The minimum atomic E-state index is -1.68. The number of ether oxygens (including phenoxy) is 1. The third-order valence-corrected chi connectivity index (χ3v) is 8.60. The Labute approximate surface area is 233 Å². The van der Waals surface area contributed by atoms with Gasteiger partial charge in [-0.05, 0) is 36.1 Å². The Balaban J connectivity index is 1.65. The zero-order valence-electron chi connectivity index (χ0n) is 20.0. The molecule has 8 nitrogen and oxygen atoms in total. The van der Waals surface area contributed by atoms with Crippen molar-refractivity contribution in [1.29, 1.82) is 0 Å². The van der Waals surface area contributed by atoms with Crippen LogP contribution in [0.1, 0.15) is 25.8 Å². The highest BCUT2D eigenvalue weighted by Crippen LogP contribution is 2.61. The van der Waals surface area contributed by atoms with Gasteiger partial charge in [-0.2, -0.15) is 0 Å². The maximum Gasteiger partial charge on any atom is 0.310 e. The number of aliphatic carboxylic acids is 1. The van der Waals surface area contributed by atoms with Crippen LogP contribution < -0.4 is 15.4 Å². The molecule has 4 unspecified atom stereocenters. The van der Waals surface area contributed by atoms with Crippen molar-refractivity contribution in [2.45, 2.75) is 31.8 Å². The van der Waals surface area contributed by atoms with Gasteiger partial charge in [0.25, 0.3) is 5.91 Å². The number of amides is 2. The fraction of sp³-hybridized carbons (Fsp3) is 0.400. The first kappa shape index (κ1) is 26.4. The van der Waals surface area contributed by atoms with Gasteiger partial charge in [-0.1, -0.05) is 60.3 Å². The van der Waals surface area contributed by atoms with Gasteiger partial charge in [0.2, 0.25) is 5.91 Å². The topological polar surface area (TPSA) is 108 Å². The Morgan fingerprint density at radius 1 is 1.11 bits per heavy atom. The van der Waals surface area contributed by atoms with E-state index in [0.29, 0.717) is 24.2 Å². The molecule has 0 aromatic heterocycles. The van der Waals surface area contributed by atoms with E-state index in [2.05, 4.69) is 10.6 Å². The first-order valence-corrected chi connectivity index (χ1v) is 13.0. The molecule has 3 heterocycles. The third kappa shape index (κ3) is 3.88. The van der Waals surface area contributed by atoms with Crippen LogP contribution in [0.2, 0.25) is 20.1 Å². The second-order valence-corrected chi connectivity index (χ2v) is 12.1. The number of fused-ring (bicyclic) bond motifs is 4. The monoisotopic (exact) mass is 585 g/mol. The lowest BCUT2D eigenvalue weighted by Crippen LogP contribution is -2.54. The maximum absolute atomic E-state index is 13.9. The van der Waals surface area contributed by atoms with Crippen LogP contribution in [0.15, 0.2) is 24.3 Å². The van der Waals surface area contributed by atoms with E-state index in [4.69, 9.17) is 51.1 Å². The van der Waals surface area contributed by atoms with Gasteiger partial charge in [-0.25, -0.2) is 0 Å². The quantitative estimate of drug-likeness (QED) is 0.435. The van der Waals surface area contributed by atoms with Crippen LogP contribution in [0.5, 0.6) is 5.75 Å². The Morgan fingerprint density at radius 2 is 1.76 bits per heavy atom. The summed E-state index contributed by atoms with van der Waals surface area (Å²) >= 11 is 25.2. The Kier molecular flexibility index (Phi) is 6.36. The minimum absolute atomic E-state index is 0.181. The van der Waals surface area contributed by atoms with E-state index in [-0.39, 0.29) is 36.9 Å². The molecule has 3 N–H and O–H groups in total. The zero-order valence-corrected chi connectivity index (χ0v) is 23.0. The van der Waals surface area contributed by atoms with Gasteiger partial charge in [0, 0.05) is 28.9 Å². The van der Waals surface area contributed by atoms with Gasteiger partial charge < -0.3 is 20.5 Å². The lowest BCUT2D eigenvalue weighted by atomic mass is 9.72. The molecule has 12 heteroatoms. The van der Waals surface area contributed by atoms with Gasteiger partial charge in [-0.15, -0.1) is 0 Å². The number of carbonyl (C=O) groups excluding carboxylic acids is 2. The van der Waals surface area contributed by atoms with Crippen molar-refractivity contribution in [1.82, 2.24) is 4.90 Å². The van der Waals surface area contributed by atoms with E-state index in [1.54, 1.807) is 6.07 Å². The molecule has 5 rings (SSSR count). The van der Waals surface area contributed by atoms with Crippen LogP contribution in [0, 0.1) is 17.3 Å². The van der Waals surface area contributed by atoms with Gasteiger partial charge in [0.1, 0.15) is 11.5 Å². The first-order chi connectivity index (χ1) is 17.3. The van der Waals surface area contributed by atoms with E-state index in [1.165, 1.54) is 25.3 Å². The van der Waals surface area contributed by atoms with Crippen molar-refractivity contribution in [2.75, 3.05) is 24.3 Å². The second kappa shape index (κ2) is 8.92. The summed E-state index contributed by atoms with van der Waals surface area (Å²) in [6.45, 7) is 4.43. The summed E-state index contributed by atoms with van der Waals surface area (Å²) in [5.74, 6) is -4.66. The van der Waals surface area contributed by atoms with Crippen molar-refractivity contribution in [3.05, 3.63) is 49.9 Å². The number of nitrogens with one attached hydrogen (secondary N) is 2. The maximum atomic E-state index is 13.9. The molecule has 3 aliphatic rings. The number of rotatable bonds is 4. The summed E-state index contributed by atoms with van der Waals surface area (Å²) < 4.78 is 5.16. The summed E-state index contributed by atoms with van der Waals surface area (Å²) in [5, 5.41) is 16.9. The summed E-state index contributed by atoms with van der Waals surface area (Å²) in [4.78, 5) is 42.4. The van der Waals surface area contributed by atoms with Crippen molar-refractivity contribution in [3.8, 4) is 5.75 Å². The minimum Gasteiger partial charge on any atom is -0.494 e. The van der Waals surface area contributed by atoms with Gasteiger partial charge in [-0.3, -0.25) is 19.3 Å². The third-order valence-electron chi connectivity index (χ3n) is 7.53. The number of nitrogens with zero attached hydrogens (tertiary/aromatic N) is 1. The molecule has 0 saturated carbocycles. The van der Waals surface area contributed by atoms with E-state index in [1.807, 2.05) is 18.7 Å². The van der Waals surface area contributed by atoms with Crippen molar-refractivity contribution in [2.24, 2.45) is 17.3 Å². The fourth-order valence-corrected chi connectivity index (χ4v) is 7.51. The average Bonchev–Trinajstić information content (AvgIpc) is 3.34. The van der Waals surface area contributed by atoms with E-state index in [0.717, 1.165) is 0 Å². The number of carbonyl (C=O) groups is 3. The normalized spacial score (nSPS) is 27.6. The molecular formula is C25H23Cl4N3O5. The van der Waals surface area contributed by atoms with Crippen LogP contribution in [0.3, 0.4) is 0 Å². The Hall–Kier alpha value is -2.23. The molecular weight excluding hydrogens is 564 g/mol. The molecule has 0 radical (unpaired) electrons. The lowest BCUT2D eigenvalue weighted by molar-refractivity contribution is -0.152. The summed E-state index contributed by atoms with van der Waals surface area (Å²) in [5.41, 5.74) is -1.03. The molecule has 3 aliphatic heterocycles. The van der Waals surface area contributed by atoms with Crippen LogP contribution >= 0.6 is 46.4 Å². The molecule has 2 aromatic carbocycles. The predicted molar refractivity (Wildman–Crippen MR) is 142 cm³/mol. The molecule has 2 aromatic rings. The average molecular weight is 587 g/mol. The molecule has 0 bridgehead atoms. The van der Waals surface area contributed by atoms with Crippen molar-refractivity contribution >= 4 is 75.6 Å². The van der Waals surface area contributed by atoms with E-state index in [9.17, 15) is 19.5 Å². The van der Waals surface area contributed by atoms with Crippen molar-refractivity contribution < 1.29 is 24.2 Å². The molecule has 1 spiro atoms. The van der Waals surface area contributed by atoms with Crippen LogP contribution in [0.4, 0.5) is 11.4 Å². The van der Waals surface area contributed by atoms with Crippen LogP contribution in [-0.4, -0.2) is 47.5 Å². The van der Waals surface area contributed by atoms with Gasteiger partial charge in [0.15, 0.2) is 5.75 Å². The SMILES string of the molecule is COc1c(Cl)cc(NC(=O)C2C3CC(C)(C)CN3C3(C(=O)Nc4c(Cl)cc(Cl)cc43)C2C(=O)O)cc1Cl. The number of halogens is 4. The number of benzene rings is 2. The standard InChI is InChI=1S/C25H23Cl4N3O5/c1-24(2)8-16-17(21(33)30-11-6-14(28)20(37-3)15(29)7-11)18(22(34)35)25(32(16)9-24)12-4-10(26)5-13(27)19(12)31-23(25)36/h4-7,16-18H,8-9H2,1-3H3,(H,30,33)(H,31,36)(H,34,35).